The van der Waals surface area contributed by atoms with Gasteiger partial charge >= 0.3 is 12.4 Å². The summed E-state index contributed by atoms with van der Waals surface area (Å²) in [5.74, 6) is 0. The molecule has 11 nitrogen and oxygen atoms in total. The third kappa shape index (κ3) is 9.59. The molecule has 2 aromatic heterocycles. The number of benzene rings is 10. The SMILES string of the molecule is N#Cc1cc(C#N)cc(-c2ccc3c4ccc(-c5cc(C#N)cc(C#N)c5)cc4n(-c4cc(-c5ccc(C(F)(F)F)cc5C(F)(F)F)c(-n5c6cc(-c7cc(C#N)cc(C#N)c7)ccc6c6ccc(-c7cc(C#N)cc(C#N)c7)cc65)cc4C#N)c3c2)c1. The number of rotatable bonds is 7. The highest BCUT2D eigenvalue weighted by atomic mass is 19.4. The van der Waals surface area contributed by atoms with Gasteiger partial charge in [0.1, 0.15) is 6.07 Å². The van der Waals surface area contributed by atoms with Crippen LogP contribution in [0.1, 0.15) is 61.2 Å². The Morgan fingerprint density at radius 1 is 0.261 bits per heavy atom. The molecule has 0 spiro atoms. The summed E-state index contributed by atoms with van der Waals surface area (Å²) in [5.41, 5.74) is 1.19. The summed E-state index contributed by atoms with van der Waals surface area (Å²) in [4.78, 5) is 0. The summed E-state index contributed by atoms with van der Waals surface area (Å²) in [6.45, 7) is 0. The predicted molar refractivity (Wildman–Crippen MR) is 315 cm³/mol. The van der Waals surface area contributed by atoms with Gasteiger partial charge in [-0.1, -0.05) is 54.6 Å². The van der Waals surface area contributed by atoms with Gasteiger partial charge in [0.05, 0.1) is 143 Å². The first-order valence-electron chi connectivity index (χ1n) is 26.3. The van der Waals surface area contributed by atoms with Gasteiger partial charge in [0.2, 0.25) is 0 Å². The first-order chi connectivity index (χ1) is 42.4. The van der Waals surface area contributed by atoms with E-state index in [1.165, 1.54) is 36.4 Å². The van der Waals surface area contributed by atoms with Crippen molar-refractivity contribution in [3.63, 3.8) is 0 Å². The molecule has 12 aromatic rings. The monoisotopic (exact) mass is 1150 g/mol. The lowest BCUT2D eigenvalue weighted by atomic mass is 9.93. The van der Waals surface area contributed by atoms with Crippen LogP contribution in [0.4, 0.5) is 26.3 Å². The first kappa shape index (κ1) is 55.3. The molecule has 0 unspecified atom stereocenters. The van der Waals surface area contributed by atoms with Gasteiger partial charge in [0.15, 0.2) is 0 Å². The standard InChI is InChI=1S/C71H29F6N11/c72-70(73,74)56-5-10-57(63(28-56)71(75,76)77)62-29-64(87-65-23-47(51-15-39(30-78)11-40(16-51)31-79)1-6-58(65)59-7-2-48(24-66(59)87)52-17-41(32-80)12-42(18-52)33-81)55(38-86)27-69(62)88-67-25-49(53-19-43(34-82)13-44(20-53)35-83)3-8-60(67)61-9-4-50(26-68(61)88)54-21-45(36-84)14-46(22-54)37-85/h1-29H. The number of nitrogens with zero attached hydrogens (tertiary/aromatic N) is 11. The molecule has 0 N–H and O–H groups in total. The van der Waals surface area contributed by atoms with Crippen LogP contribution < -0.4 is 0 Å². The maximum Gasteiger partial charge on any atom is 0.417 e. The molecule has 10 aromatic carbocycles. The van der Waals surface area contributed by atoms with Crippen LogP contribution in [-0.2, 0) is 12.4 Å². The molecule has 0 radical (unpaired) electrons. The fraction of sp³-hybridized carbons (Fsp3) is 0.0282. The average Bonchev–Trinajstić information content (AvgIpc) is 1.71. The van der Waals surface area contributed by atoms with Crippen molar-refractivity contribution in [2.75, 3.05) is 0 Å². The van der Waals surface area contributed by atoms with Crippen molar-refractivity contribution < 1.29 is 26.3 Å². The van der Waals surface area contributed by atoms with Crippen molar-refractivity contribution in [1.29, 1.82) is 47.4 Å². The largest absolute Gasteiger partial charge is 0.417 e. The molecule has 17 heteroatoms. The van der Waals surface area contributed by atoms with E-state index in [1.54, 1.807) is 130 Å². The second-order valence-electron chi connectivity index (χ2n) is 20.4. The minimum Gasteiger partial charge on any atom is -0.309 e. The van der Waals surface area contributed by atoms with E-state index in [0.29, 0.717) is 83.2 Å². The lowest BCUT2D eigenvalue weighted by molar-refractivity contribution is -0.142. The van der Waals surface area contributed by atoms with Crippen molar-refractivity contribution >= 4 is 43.6 Å². The van der Waals surface area contributed by atoms with Crippen LogP contribution in [0.15, 0.2) is 176 Å². The fourth-order valence-electron chi connectivity index (χ4n) is 11.4. The summed E-state index contributed by atoms with van der Waals surface area (Å²) < 4.78 is 95.1. The van der Waals surface area contributed by atoms with E-state index >= 15 is 13.2 Å². The van der Waals surface area contributed by atoms with Crippen LogP contribution in [0.5, 0.6) is 0 Å². The number of aromatic nitrogens is 2. The molecule has 0 aliphatic rings. The summed E-state index contributed by atoms with van der Waals surface area (Å²) in [7, 11) is 0. The van der Waals surface area contributed by atoms with Crippen LogP contribution in [0.25, 0.3) is 111 Å². The molecule has 2 heterocycles. The summed E-state index contributed by atoms with van der Waals surface area (Å²) in [6, 6.07) is 61.3. The van der Waals surface area contributed by atoms with Crippen LogP contribution in [-0.4, -0.2) is 9.13 Å². The van der Waals surface area contributed by atoms with E-state index in [2.05, 4.69) is 54.6 Å². The molecular weight excluding hydrogens is 1120 g/mol. The quantitative estimate of drug-likeness (QED) is 0.138. The third-order valence-electron chi connectivity index (χ3n) is 15.3. The van der Waals surface area contributed by atoms with Gasteiger partial charge in [-0.15, -0.1) is 0 Å². The van der Waals surface area contributed by atoms with Crippen LogP contribution >= 0.6 is 0 Å². The van der Waals surface area contributed by atoms with E-state index in [9.17, 15) is 60.5 Å². The molecule has 410 valence electrons. The number of fused-ring (bicyclic) bond motifs is 6. The Hall–Kier alpha value is -13.2. The number of hydrogen-bond donors (Lipinski definition) is 0. The fourth-order valence-corrected chi connectivity index (χ4v) is 11.4. The number of halogens is 6. The molecular formula is C71H29F6N11. The zero-order chi connectivity index (χ0) is 61.9. The van der Waals surface area contributed by atoms with Gasteiger partial charge in [0, 0.05) is 27.1 Å². The molecule has 0 saturated carbocycles. The number of nitriles is 9. The van der Waals surface area contributed by atoms with Gasteiger partial charge in [-0.25, -0.2) is 0 Å². The average molecular weight is 1150 g/mol. The maximum absolute atomic E-state index is 16.0. The highest BCUT2D eigenvalue weighted by molar-refractivity contribution is 6.13. The number of alkyl halides is 6. The van der Waals surface area contributed by atoms with E-state index in [0.717, 1.165) is 6.07 Å². The lowest BCUT2D eigenvalue weighted by Crippen LogP contribution is -2.13. The molecule has 0 saturated heterocycles. The minimum atomic E-state index is -5.45. The normalized spacial score (nSPS) is 11.2. The summed E-state index contributed by atoms with van der Waals surface area (Å²) in [6.07, 6.45) is -10.7. The molecule has 0 aliphatic carbocycles. The molecule has 0 amide bonds. The number of hydrogen-bond acceptors (Lipinski definition) is 9. The van der Waals surface area contributed by atoms with Crippen molar-refractivity contribution in [3.05, 3.63) is 237 Å². The molecule has 0 bridgehead atoms. The van der Waals surface area contributed by atoms with Gasteiger partial charge in [-0.05, 0) is 171 Å². The molecule has 0 fully saturated rings. The Bertz CT molecular complexity index is 5110. The summed E-state index contributed by atoms with van der Waals surface area (Å²) >= 11 is 0. The third-order valence-corrected chi connectivity index (χ3v) is 15.3. The summed E-state index contributed by atoms with van der Waals surface area (Å²) in [5, 5.41) is 93.7. The first-order valence-corrected chi connectivity index (χ1v) is 26.3. The Balaban J connectivity index is 1.26. The van der Waals surface area contributed by atoms with Crippen molar-refractivity contribution in [1.82, 2.24) is 9.13 Å². The zero-order valence-corrected chi connectivity index (χ0v) is 44.9. The van der Waals surface area contributed by atoms with Crippen molar-refractivity contribution in [2.45, 2.75) is 12.4 Å². The molecule has 88 heavy (non-hydrogen) atoms. The smallest absolute Gasteiger partial charge is 0.309 e. The van der Waals surface area contributed by atoms with Gasteiger partial charge in [0.25, 0.3) is 0 Å². The highest BCUT2D eigenvalue weighted by Gasteiger charge is 2.39. The van der Waals surface area contributed by atoms with Crippen LogP contribution in [0, 0.1) is 102 Å². The van der Waals surface area contributed by atoms with Crippen molar-refractivity contribution in [3.8, 4) is 122 Å². The van der Waals surface area contributed by atoms with Crippen molar-refractivity contribution in [2.24, 2.45) is 0 Å². The van der Waals surface area contributed by atoms with Gasteiger partial charge < -0.3 is 9.13 Å². The highest BCUT2D eigenvalue weighted by Crippen LogP contribution is 2.48. The van der Waals surface area contributed by atoms with E-state index in [-0.39, 0.29) is 84.1 Å². The minimum absolute atomic E-state index is 0.0255. The molecule has 0 atom stereocenters. The van der Waals surface area contributed by atoms with E-state index in [1.807, 2.05) is 0 Å². The molecule has 12 rings (SSSR count). The van der Waals surface area contributed by atoms with Crippen LogP contribution in [0.2, 0.25) is 0 Å². The Kier molecular flexibility index (Phi) is 13.3. The molecule has 0 aliphatic heterocycles. The topological polar surface area (TPSA) is 224 Å². The van der Waals surface area contributed by atoms with Gasteiger partial charge in [-0.3, -0.25) is 0 Å². The lowest BCUT2D eigenvalue weighted by Gasteiger charge is -2.22. The van der Waals surface area contributed by atoms with Crippen LogP contribution in [0.3, 0.4) is 0 Å². The predicted octanol–water partition coefficient (Wildman–Crippen LogP) is 17.1. The van der Waals surface area contributed by atoms with E-state index < -0.39 is 29.0 Å². The Labute approximate surface area is 495 Å². The maximum atomic E-state index is 16.0. The second-order valence-corrected chi connectivity index (χ2v) is 20.4. The van der Waals surface area contributed by atoms with Gasteiger partial charge in [-0.2, -0.15) is 73.7 Å². The second kappa shape index (κ2) is 21.2. The Morgan fingerprint density at radius 2 is 0.568 bits per heavy atom. The zero-order valence-electron chi connectivity index (χ0n) is 44.9. The van der Waals surface area contributed by atoms with E-state index in [4.69, 9.17) is 0 Å². The Morgan fingerprint density at radius 3 is 0.841 bits per heavy atom.